The zero-order chi connectivity index (χ0) is 2.71. The van der Waals surface area contributed by atoms with Gasteiger partial charge in [-0.2, -0.15) is 0 Å². The summed E-state index contributed by atoms with van der Waals surface area (Å²) in [6.07, 6.45) is 0.750. The Kier molecular flexibility index (Phi) is 63.4. The van der Waals surface area contributed by atoms with E-state index in [1.807, 2.05) is 0 Å². The number of rotatable bonds is 0. The minimum absolute atomic E-state index is 0. The number of aliphatic hydroxyl groups is 1. The van der Waals surface area contributed by atoms with Crippen molar-refractivity contribution >= 4 is 0 Å². The van der Waals surface area contributed by atoms with Crippen molar-refractivity contribution in [3.63, 3.8) is 0 Å². The molecule has 0 saturated heterocycles. The van der Waals surface area contributed by atoms with E-state index in [0.717, 1.165) is 6.26 Å². The van der Waals surface area contributed by atoms with Gasteiger partial charge in [-0.15, -0.1) is 0 Å². The second kappa shape index (κ2) is 19.3. The van der Waals surface area contributed by atoms with Crippen molar-refractivity contribution in [3.05, 3.63) is 12.8 Å². The first-order valence-corrected chi connectivity index (χ1v) is 0.666. The Morgan fingerprint density at radius 1 is 1.60 bits per heavy atom. The van der Waals surface area contributed by atoms with Crippen molar-refractivity contribution in [1.82, 2.24) is 0 Å². The molecule has 0 amide bonds. The zero-order valence-electron chi connectivity index (χ0n) is 3.18. The van der Waals surface area contributed by atoms with Crippen LogP contribution in [0.15, 0.2) is 12.8 Å². The third-order valence-corrected chi connectivity index (χ3v) is 0. The van der Waals surface area contributed by atoms with Gasteiger partial charge in [-0.25, -0.2) is 0 Å². The van der Waals surface area contributed by atoms with E-state index in [-0.39, 0.29) is 56.9 Å². The molecule has 0 aromatic carbocycles. The molecule has 0 atom stereocenters. The van der Waals surface area contributed by atoms with Crippen LogP contribution in [-0.4, -0.2) is 10.6 Å². The van der Waals surface area contributed by atoms with Crippen LogP contribution >= 0.6 is 0 Å². The van der Waals surface area contributed by atoms with Crippen LogP contribution in [0.5, 0.6) is 0 Å². The van der Waals surface area contributed by atoms with Crippen LogP contribution in [0, 0.1) is 0 Å². The molecule has 2 N–H and O–H groups in total. The van der Waals surface area contributed by atoms with Crippen LogP contribution in [0.4, 0.5) is 0 Å². The number of hydrogen-bond donors (Lipinski definition) is 1. The van der Waals surface area contributed by atoms with E-state index in [1.165, 1.54) is 0 Å². The van der Waals surface area contributed by atoms with E-state index in [1.54, 1.807) is 0 Å². The van der Waals surface area contributed by atoms with Gasteiger partial charge in [0.05, 0.1) is 6.26 Å². The summed E-state index contributed by atoms with van der Waals surface area (Å²) in [6, 6.07) is 0. The van der Waals surface area contributed by atoms with Gasteiger partial charge in [0.25, 0.3) is 0 Å². The Morgan fingerprint density at radius 3 is 1.60 bits per heavy atom. The van der Waals surface area contributed by atoms with Gasteiger partial charge < -0.3 is 10.6 Å². The van der Waals surface area contributed by atoms with Gasteiger partial charge in [0.2, 0.25) is 0 Å². The SMILES string of the molecule is C=CO.[K+].[OH-]. The van der Waals surface area contributed by atoms with Crippen LogP contribution in [0.3, 0.4) is 0 Å². The molecule has 0 unspecified atom stereocenters. The molecule has 0 bridgehead atoms. The molecule has 0 aliphatic heterocycles. The van der Waals surface area contributed by atoms with E-state index < -0.39 is 0 Å². The normalized spacial score (nSPS) is 2.40. The maximum absolute atomic E-state index is 7.33. The molecule has 5 heavy (non-hydrogen) atoms. The molecule has 26 valence electrons. The number of aliphatic hydroxyl groups excluding tert-OH is 1. The fourth-order valence-corrected chi connectivity index (χ4v) is 0. The molecule has 0 aromatic heterocycles. The fraction of sp³-hybridized carbons (Fsp3) is 0. The fourth-order valence-electron chi connectivity index (χ4n) is 0. The summed E-state index contributed by atoms with van der Waals surface area (Å²) in [4.78, 5) is 0. The molecule has 0 fully saturated rings. The summed E-state index contributed by atoms with van der Waals surface area (Å²) in [6.45, 7) is 2.92. The van der Waals surface area contributed by atoms with Crippen molar-refractivity contribution in [1.29, 1.82) is 0 Å². The average molecular weight is 100 g/mol. The topological polar surface area (TPSA) is 50.2 Å². The Balaban J connectivity index is -0.0000000200. The maximum atomic E-state index is 7.33. The van der Waals surface area contributed by atoms with Crippen LogP contribution in [0.2, 0.25) is 0 Å². The summed E-state index contributed by atoms with van der Waals surface area (Å²) in [7, 11) is 0. The summed E-state index contributed by atoms with van der Waals surface area (Å²) < 4.78 is 0. The van der Waals surface area contributed by atoms with Crippen molar-refractivity contribution in [2.24, 2.45) is 0 Å². The predicted octanol–water partition coefficient (Wildman–Crippen LogP) is -2.48. The van der Waals surface area contributed by atoms with Gasteiger partial charge in [-0.1, -0.05) is 6.58 Å². The van der Waals surface area contributed by atoms with Crippen LogP contribution < -0.4 is 51.4 Å². The first-order valence-electron chi connectivity index (χ1n) is 0.666. The molecule has 0 aliphatic carbocycles. The third-order valence-electron chi connectivity index (χ3n) is 0. The van der Waals surface area contributed by atoms with Crippen LogP contribution in [0.1, 0.15) is 0 Å². The van der Waals surface area contributed by atoms with Crippen molar-refractivity contribution in [2.75, 3.05) is 0 Å². The Hall–Kier alpha value is 1.14. The molecular formula is C2H5KO2. The quantitative estimate of drug-likeness (QED) is 0.270. The second-order valence-corrected chi connectivity index (χ2v) is 0.183. The summed E-state index contributed by atoms with van der Waals surface area (Å²) in [5.74, 6) is 0. The molecule has 2 nitrogen and oxygen atoms in total. The summed E-state index contributed by atoms with van der Waals surface area (Å²) in [5.41, 5.74) is 0. The van der Waals surface area contributed by atoms with Crippen LogP contribution in [-0.2, 0) is 0 Å². The first-order chi connectivity index (χ1) is 1.41. The van der Waals surface area contributed by atoms with E-state index in [2.05, 4.69) is 6.58 Å². The third kappa shape index (κ3) is 39.1. The Bertz CT molecular complexity index is 15.1. The van der Waals surface area contributed by atoms with Gasteiger partial charge in [0.1, 0.15) is 0 Å². The monoisotopic (exact) mass is 100.0 g/mol. The molecule has 0 saturated carbocycles. The predicted molar refractivity (Wildman–Crippen MR) is 14.8 cm³/mol. The van der Waals surface area contributed by atoms with Gasteiger partial charge in [0.15, 0.2) is 0 Å². The second-order valence-electron chi connectivity index (χ2n) is 0.183. The zero-order valence-corrected chi connectivity index (χ0v) is 6.30. The molecule has 3 heteroatoms. The molecule has 0 aliphatic rings. The summed E-state index contributed by atoms with van der Waals surface area (Å²) >= 11 is 0. The standard InChI is InChI=1S/C2H4O.K.H2O/c1-2-3;;/h2-3H,1H2;;1H2/q;+1;/p-1. The van der Waals surface area contributed by atoms with Gasteiger partial charge in [-0.05, 0) is 0 Å². The van der Waals surface area contributed by atoms with E-state index in [4.69, 9.17) is 5.11 Å². The average Bonchev–Trinajstić information content (AvgIpc) is 0.918. The Morgan fingerprint density at radius 2 is 1.60 bits per heavy atom. The minimum Gasteiger partial charge on any atom is -0.870 e. The molecule has 0 spiro atoms. The molecule has 0 heterocycles. The van der Waals surface area contributed by atoms with E-state index in [9.17, 15) is 0 Å². The summed E-state index contributed by atoms with van der Waals surface area (Å²) in [5, 5.41) is 7.33. The van der Waals surface area contributed by atoms with Crippen molar-refractivity contribution in [3.8, 4) is 0 Å². The smallest absolute Gasteiger partial charge is 0.870 e. The molecule has 0 radical (unpaired) electrons. The molecular weight excluding hydrogens is 95.1 g/mol. The van der Waals surface area contributed by atoms with E-state index in [0.29, 0.717) is 0 Å². The van der Waals surface area contributed by atoms with E-state index >= 15 is 0 Å². The minimum atomic E-state index is 0. The largest absolute Gasteiger partial charge is 1.00 e. The van der Waals surface area contributed by atoms with Gasteiger partial charge >= 0.3 is 51.4 Å². The molecule has 0 rings (SSSR count). The van der Waals surface area contributed by atoms with Crippen molar-refractivity contribution < 1.29 is 62.0 Å². The molecule has 0 aromatic rings. The van der Waals surface area contributed by atoms with Crippen molar-refractivity contribution in [2.45, 2.75) is 0 Å². The number of hydrogen-bond acceptors (Lipinski definition) is 2. The van der Waals surface area contributed by atoms with Gasteiger partial charge in [-0.3, -0.25) is 0 Å². The Labute approximate surface area is 73.6 Å². The van der Waals surface area contributed by atoms with Gasteiger partial charge in [0, 0.05) is 0 Å². The maximum Gasteiger partial charge on any atom is 1.00 e. The van der Waals surface area contributed by atoms with Crippen LogP contribution in [0.25, 0.3) is 0 Å². The first kappa shape index (κ1) is 16.5.